The molecular weight excluding hydrogens is 304 g/mol. The van der Waals surface area contributed by atoms with E-state index in [-0.39, 0.29) is 18.4 Å². The van der Waals surface area contributed by atoms with Crippen molar-refractivity contribution < 1.29 is 9.42 Å². The van der Waals surface area contributed by atoms with Crippen molar-refractivity contribution in [1.82, 2.24) is 20.6 Å². The van der Waals surface area contributed by atoms with E-state index < -0.39 is 0 Å². The SMILES string of the molecule is Cc1ccccc1C(NC(=O)Cc1nonc1C)c1ccncc1. The Morgan fingerprint density at radius 2 is 1.88 bits per heavy atom. The Kier molecular flexibility index (Phi) is 4.65. The highest BCUT2D eigenvalue weighted by atomic mass is 16.6. The molecule has 0 bridgehead atoms. The molecule has 0 fully saturated rings. The molecule has 2 heterocycles. The van der Waals surface area contributed by atoms with Crippen LogP contribution >= 0.6 is 0 Å². The standard InChI is InChI=1S/C18H18N4O2/c1-12-5-3-4-6-15(12)18(14-7-9-19-10-8-14)20-17(23)11-16-13(2)21-24-22-16/h3-10,18H,11H2,1-2H3,(H,20,23). The molecule has 1 N–H and O–H groups in total. The summed E-state index contributed by atoms with van der Waals surface area (Å²) in [6.07, 6.45) is 3.57. The van der Waals surface area contributed by atoms with Crippen LogP contribution in [0.5, 0.6) is 0 Å². The Bertz CT molecular complexity index is 830. The Morgan fingerprint density at radius 3 is 2.54 bits per heavy atom. The molecule has 3 aromatic rings. The summed E-state index contributed by atoms with van der Waals surface area (Å²) in [6.45, 7) is 3.79. The Hall–Kier alpha value is -3.02. The third-order valence-corrected chi connectivity index (χ3v) is 3.92. The normalized spacial score (nSPS) is 11.9. The molecule has 0 saturated heterocycles. The average molecular weight is 322 g/mol. The predicted octanol–water partition coefficient (Wildman–Crippen LogP) is 2.53. The van der Waals surface area contributed by atoms with E-state index in [2.05, 4.69) is 25.2 Å². The third kappa shape index (κ3) is 3.48. The predicted molar refractivity (Wildman–Crippen MR) is 88.1 cm³/mol. The number of amides is 1. The van der Waals surface area contributed by atoms with E-state index in [9.17, 15) is 4.79 Å². The maximum absolute atomic E-state index is 12.5. The van der Waals surface area contributed by atoms with Gasteiger partial charge >= 0.3 is 0 Å². The first kappa shape index (κ1) is 15.9. The zero-order chi connectivity index (χ0) is 16.9. The molecule has 1 aromatic carbocycles. The molecule has 1 atom stereocenters. The summed E-state index contributed by atoms with van der Waals surface area (Å²) >= 11 is 0. The third-order valence-electron chi connectivity index (χ3n) is 3.92. The van der Waals surface area contributed by atoms with Crippen LogP contribution in [0, 0.1) is 13.8 Å². The molecule has 0 radical (unpaired) electrons. The molecule has 122 valence electrons. The van der Waals surface area contributed by atoms with Crippen LogP contribution in [0.15, 0.2) is 53.4 Å². The first-order valence-electron chi connectivity index (χ1n) is 7.68. The number of nitrogens with one attached hydrogen (secondary N) is 1. The number of carbonyl (C=O) groups excluding carboxylic acids is 1. The number of hydrogen-bond donors (Lipinski definition) is 1. The molecule has 0 aliphatic heterocycles. The lowest BCUT2D eigenvalue weighted by atomic mass is 9.95. The summed E-state index contributed by atoms with van der Waals surface area (Å²) in [4.78, 5) is 16.5. The van der Waals surface area contributed by atoms with Gasteiger partial charge in [-0.15, -0.1) is 0 Å². The highest BCUT2D eigenvalue weighted by Gasteiger charge is 2.20. The number of pyridine rings is 1. The van der Waals surface area contributed by atoms with Crippen LogP contribution in [0.2, 0.25) is 0 Å². The molecule has 0 saturated carbocycles. The number of carbonyl (C=O) groups is 1. The van der Waals surface area contributed by atoms with Crippen LogP contribution in [0.25, 0.3) is 0 Å². The molecule has 1 amide bonds. The molecule has 6 nitrogen and oxygen atoms in total. The van der Waals surface area contributed by atoms with E-state index in [1.807, 2.05) is 43.3 Å². The maximum atomic E-state index is 12.5. The molecule has 0 spiro atoms. The first-order valence-corrected chi connectivity index (χ1v) is 7.68. The van der Waals surface area contributed by atoms with Gasteiger partial charge in [0.15, 0.2) is 0 Å². The lowest BCUT2D eigenvalue weighted by molar-refractivity contribution is -0.121. The van der Waals surface area contributed by atoms with E-state index in [1.165, 1.54) is 0 Å². The van der Waals surface area contributed by atoms with E-state index in [0.717, 1.165) is 16.7 Å². The van der Waals surface area contributed by atoms with Crippen LogP contribution in [0.3, 0.4) is 0 Å². The van der Waals surface area contributed by atoms with Crippen LogP contribution in [0.1, 0.15) is 34.1 Å². The minimum Gasteiger partial charge on any atom is -0.345 e. The van der Waals surface area contributed by atoms with Crippen molar-refractivity contribution in [1.29, 1.82) is 0 Å². The zero-order valence-electron chi connectivity index (χ0n) is 13.6. The van der Waals surface area contributed by atoms with E-state index in [4.69, 9.17) is 0 Å². The second-order valence-corrected chi connectivity index (χ2v) is 5.61. The van der Waals surface area contributed by atoms with Gasteiger partial charge in [-0.05, 0) is 42.7 Å². The molecule has 1 unspecified atom stereocenters. The zero-order valence-corrected chi connectivity index (χ0v) is 13.6. The van der Waals surface area contributed by atoms with Crippen LogP contribution in [-0.2, 0) is 11.2 Å². The quantitative estimate of drug-likeness (QED) is 0.780. The first-order chi connectivity index (χ1) is 11.6. The summed E-state index contributed by atoms with van der Waals surface area (Å²) in [5.41, 5.74) is 4.31. The lowest BCUT2D eigenvalue weighted by Crippen LogP contribution is -2.31. The number of rotatable bonds is 5. The van der Waals surface area contributed by atoms with Crippen molar-refractivity contribution in [3.8, 4) is 0 Å². The molecule has 3 rings (SSSR count). The number of hydrogen-bond acceptors (Lipinski definition) is 5. The monoisotopic (exact) mass is 322 g/mol. The summed E-state index contributed by atoms with van der Waals surface area (Å²) in [5, 5.41) is 10.6. The van der Waals surface area contributed by atoms with Gasteiger partial charge in [0, 0.05) is 12.4 Å². The van der Waals surface area contributed by atoms with Gasteiger partial charge in [0.25, 0.3) is 0 Å². The second-order valence-electron chi connectivity index (χ2n) is 5.61. The molecule has 24 heavy (non-hydrogen) atoms. The van der Waals surface area contributed by atoms with Gasteiger partial charge in [-0.1, -0.05) is 34.6 Å². The molecule has 2 aromatic heterocycles. The fourth-order valence-electron chi connectivity index (χ4n) is 2.58. The van der Waals surface area contributed by atoms with Crippen molar-refractivity contribution in [3.63, 3.8) is 0 Å². The fourth-order valence-corrected chi connectivity index (χ4v) is 2.58. The van der Waals surface area contributed by atoms with Gasteiger partial charge in [0.1, 0.15) is 11.4 Å². The van der Waals surface area contributed by atoms with Crippen molar-refractivity contribution in [2.24, 2.45) is 0 Å². The average Bonchev–Trinajstić information content (AvgIpc) is 2.99. The summed E-state index contributed by atoms with van der Waals surface area (Å²) in [5.74, 6) is -0.140. The van der Waals surface area contributed by atoms with Crippen LogP contribution in [-0.4, -0.2) is 21.2 Å². The minimum atomic E-state index is -0.248. The molecule has 0 aliphatic rings. The maximum Gasteiger partial charge on any atom is 0.226 e. The van der Waals surface area contributed by atoms with Gasteiger partial charge in [0.2, 0.25) is 5.91 Å². The van der Waals surface area contributed by atoms with Gasteiger partial charge < -0.3 is 5.32 Å². The van der Waals surface area contributed by atoms with Gasteiger partial charge in [0.05, 0.1) is 12.5 Å². The van der Waals surface area contributed by atoms with Gasteiger partial charge in [-0.25, -0.2) is 4.63 Å². The summed E-state index contributed by atoms with van der Waals surface area (Å²) < 4.78 is 4.65. The summed E-state index contributed by atoms with van der Waals surface area (Å²) in [7, 11) is 0. The topological polar surface area (TPSA) is 80.9 Å². The number of aryl methyl sites for hydroxylation is 2. The van der Waals surface area contributed by atoms with Crippen molar-refractivity contribution in [3.05, 3.63) is 76.9 Å². The van der Waals surface area contributed by atoms with Crippen molar-refractivity contribution in [2.75, 3.05) is 0 Å². The number of nitrogens with zero attached hydrogens (tertiary/aromatic N) is 3. The lowest BCUT2D eigenvalue weighted by Gasteiger charge is -2.21. The van der Waals surface area contributed by atoms with E-state index in [0.29, 0.717) is 11.4 Å². The summed E-state index contributed by atoms with van der Waals surface area (Å²) in [6, 6.07) is 11.6. The Balaban J connectivity index is 1.87. The van der Waals surface area contributed by atoms with Crippen molar-refractivity contribution >= 4 is 5.91 Å². The number of aromatic nitrogens is 3. The van der Waals surface area contributed by atoms with Gasteiger partial charge in [-0.2, -0.15) is 0 Å². The smallest absolute Gasteiger partial charge is 0.226 e. The van der Waals surface area contributed by atoms with Crippen LogP contribution in [0.4, 0.5) is 0 Å². The van der Waals surface area contributed by atoms with Crippen molar-refractivity contribution in [2.45, 2.75) is 26.3 Å². The largest absolute Gasteiger partial charge is 0.345 e. The van der Waals surface area contributed by atoms with E-state index >= 15 is 0 Å². The molecule has 0 aliphatic carbocycles. The Labute approximate surface area is 139 Å². The second kappa shape index (κ2) is 7.04. The minimum absolute atomic E-state index is 0.128. The number of benzene rings is 1. The van der Waals surface area contributed by atoms with Gasteiger partial charge in [-0.3, -0.25) is 9.78 Å². The molecule has 6 heteroatoms. The molecular formula is C18H18N4O2. The highest BCUT2D eigenvalue weighted by molar-refractivity contribution is 5.79. The Morgan fingerprint density at radius 1 is 1.12 bits per heavy atom. The fraction of sp³-hybridized carbons (Fsp3) is 0.222. The van der Waals surface area contributed by atoms with E-state index in [1.54, 1.807) is 19.3 Å². The van der Waals surface area contributed by atoms with Crippen LogP contribution < -0.4 is 5.32 Å². The highest BCUT2D eigenvalue weighted by Crippen LogP contribution is 2.24.